The number of rotatable bonds is 4. The maximum Gasteiger partial charge on any atom is 0.0931 e. The fourth-order valence-corrected chi connectivity index (χ4v) is 4.98. The Bertz CT molecular complexity index is 464. The third-order valence-corrected chi connectivity index (χ3v) is 6.41. The van der Waals surface area contributed by atoms with Crippen LogP contribution in [0.3, 0.4) is 0 Å². The summed E-state index contributed by atoms with van der Waals surface area (Å²) in [5.41, 5.74) is 6.37. The van der Waals surface area contributed by atoms with Crippen LogP contribution in [0.5, 0.6) is 0 Å². The van der Waals surface area contributed by atoms with Gasteiger partial charge in [0, 0.05) is 36.1 Å². The van der Waals surface area contributed by atoms with Gasteiger partial charge in [-0.15, -0.1) is 11.3 Å². The van der Waals surface area contributed by atoms with Gasteiger partial charge in [0.05, 0.1) is 4.34 Å². The number of hydrogen-bond acceptors (Lipinski definition) is 4. The molecule has 20 heavy (non-hydrogen) atoms. The summed E-state index contributed by atoms with van der Waals surface area (Å²) in [7, 11) is 2.23. The molecule has 2 atom stereocenters. The summed E-state index contributed by atoms with van der Waals surface area (Å²) in [6.45, 7) is 4.21. The molecule has 2 fully saturated rings. The summed E-state index contributed by atoms with van der Waals surface area (Å²) in [6, 6.07) is 4.88. The van der Waals surface area contributed by atoms with Gasteiger partial charge in [-0.05, 0) is 51.4 Å². The molecule has 3 nitrogen and oxygen atoms in total. The predicted molar refractivity (Wildman–Crippen MR) is 86.4 cm³/mol. The zero-order valence-electron chi connectivity index (χ0n) is 12.1. The van der Waals surface area contributed by atoms with Crippen LogP contribution in [0, 0.1) is 0 Å². The van der Waals surface area contributed by atoms with Crippen molar-refractivity contribution in [2.24, 2.45) is 5.73 Å². The molecule has 0 saturated carbocycles. The molecule has 1 aromatic heterocycles. The highest BCUT2D eigenvalue weighted by Gasteiger charge is 2.43. The number of likely N-dealkylation sites (N-methyl/N-ethyl adjacent to an activating group) is 1. The number of fused-ring (bicyclic) bond motifs is 1. The topological polar surface area (TPSA) is 32.5 Å². The molecule has 2 aliphatic rings. The zero-order chi connectivity index (χ0) is 14.2. The fourth-order valence-electron chi connectivity index (χ4n) is 3.84. The lowest BCUT2D eigenvalue weighted by atomic mass is 9.82. The van der Waals surface area contributed by atoms with Gasteiger partial charge in [0.25, 0.3) is 0 Å². The highest BCUT2D eigenvalue weighted by atomic mass is 35.5. The van der Waals surface area contributed by atoms with Gasteiger partial charge in [0.1, 0.15) is 0 Å². The van der Waals surface area contributed by atoms with E-state index in [-0.39, 0.29) is 5.54 Å². The van der Waals surface area contributed by atoms with Crippen molar-refractivity contribution in [2.45, 2.75) is 43.8 Å². The Morgan fingerprint density at radius 3 is 3.05 bits per heavy atom. The molecule has 0 aliphatic carbocycles. The van der Waals surface area contributed by atoms with Gasteiger partial charge >= 0.3 is 0 Å². The van der Waals surface area contributed by atoms with Crippen molar-refractivity contribution in [3.8, 4) is 0 Å². The summed E-state index contributed by atoms with van der Waals surface area (Å²) >= 11 is 7.72. The maximum absolute atomic E-state index is 6.20. The number of halogens is 1. The van der Waals surface area contributed by atoms with Gasteiger partial charge in [-0.1, -0.05) is 11.6 Å². The first-order chi connectivity index (χ1) is 9.63. The molecule has 1 aromatic rings. The molecule has 2 N–H and O–H groups in total. The molecule has 0 bridgehead atoms. The van der Waals surface area contributed by atoms with Crippen molar-refractivity contribution in [3.05, 3.63) is 21.3 Å². The lowest BCUT2D eigenvalue weighted by molar-refractivity contribution is 0.0226. The van der Waals surface area contributed by atoms with Crippen LogP contribution in [-0.2, 0) is 6.54 Å². The van der Waals surface area contributed by atoms with Crippen LogP contribution in [-0.4, -0.2) is 48.1 Å². The van der Waals surface area contributed by atoms with Crippen LogP contribution in [0.15, 0.2) is 12.1 Å². The minimum absolute atomic E-state index is 0.169. The third kappa shape index (κ3) is 2.77. The van der Waals surface area contributed by atoms with Crippen LogP contribution in [0.25, 0.3) is 0 Å². The Morgan fingerprint density at radius 2 is 2.35 bits per heavy atom. The summed E-state index contributed by atoms with van der Waals surface area (Å²) in [6.07, 6.45) is 5.12. The minimum Gasteiger partial charge on any atom is -0.329 e. The highest BCUT2D eigenvalue weighted by molar-refractivity contribution is 7.16. The number of nitrogens with two attached hydrogens (primary N) is 1. The normalized spacial score (nSPS) is 30.9. The second kappa shape index (κ2) is 5.93. The van der Waals surface area contributed by atoms with Gasteiger partial charge < -0.3 is 10.6 Å². The van der Waals surface area contributed by atoms with E-state index in [4.69, 9.17) is 17.3 Å². The first kappa shape index (κ1) is 14.8. The van der Waals surface area contributed by atoms with Gasteiger partial charge in [0.15, 0.2) is 0 Å². The quantitative estimate of drug-likeness (QED) is 0.928. The van der Waals surface area contributed by atoms with Gasteiger partial charge in [-0.25, -0.2) is 0 Å². The molecule has 112 valence electrons. The number of hydrogen-bond donors (Lipinski definition) is 1. The molecule has 2 saturated heterocycles. The molecule has 2 unspecified atom stereocenters. The largest absolute Gasteiger partial charge is 0.329 e. The lowest BCUT2D eigenvalue weighted by Gasteiger charge is -2.49. The van der Waals surface area contributed by atoms with Crippen molar-refractivity contribution in [1.29, 1.82) is 0 Å². The first-order valence-electron chi connectivity index (χ1n) is 7.52. The second-order valence-electron chi connectivity index (χ2n) is 6.28. The zero-order valence-corrected chi connectivity index (χ0v) is 13.7. The Labute approximate surface area is 130 Å². The maximum atomic E-state index is 6.20. The van der Waals surface area contributed by atoms with Crippen LogP contribution in [0.1, 0.15) is 30.6 Å². The van der Waals surface area contributed by atoms with E-state index in [2.05, 4.69) is 22.9 Å². The predicted octanol–water partition coefficient (Wildman–Crippen LogP) is 2.79. The number of thiophene rings is 1. The van der Waals surface area contributed by atoms with Crippen molar-refractivity contribution in [1.82, 2.24) is 9.80 Å². The molecular weight excluding hydrogens is 290 g/mol. The van der Waals surface area contributed by atoms with Crippen LogP contribution < -0.4 is 5.73 Å². The van der Waals surface area contributed by atoms with E-state index in [0.29, 0.717) is 0 Å². The molecule has 0 aromatic carbocycles. The van der Waals surface area contributed by atoms with Crippen molar-refractivity contribution in [3.63, 3.8) is 0 Å². The molecular formula is C15H24ClN3S. The minimum atomic E-state index is 0.169. The Morgan fingerprint density at radius 1 is 1.50 bits per heavy atom. The average Bonchev–Trinajstić information content (AvgIpc) is 3.06. The average molecular weight is 314 g/mol. The SMILES string of the molecule is CN(Cc1ccc(Cl)s1)C1(CN)CCN2CCCC2C1. The fraction of sp³-hybridized carbons (Fsp3) is 0.733. The second-order valence-corrected chi connectivity index (χ2v) is 8.08. The van der Waals surface area contributed by atoms with Crippen LogP contribution >= 0.6 is 22.9 Å². The summed E-state index contributed by atoms with van der Waals surface area (Å²) < 4.78 is 0.876. The molecule has 5 heteroatoms. The summed E-state index contributed by atoms with van der Waals surface area (Å²) in [5.74, 6) is 0. The van der Waals surface area contributed by atoms with E-state index in [0.717, 1.165) is 23.5 Å². The Hall–Kier alpha value is -0.130. The van der Waals surface area contributed by atoms with Crippen molar-refractivity contribution in [2.75, 3.05) is 26.7 Å². The van der Waals surface area contributed by atoms with E-state index in [9.17, 15) is 0 Å². The van der Waals surface area contributed by atoms with Gasteiger partial charge in [0.2, 0.25) is 0 Å². The summed E-state index contributed by atoms with van der Waals surface area (Å²) in [5, 5.41) is 0. The van der Waals surface area contributed by atoms with E-state index in [1.165, 1.54) is 43.6 Å². The van der Waals surface area contributed by atoms with Crippen LogP contribution in [0.4, 0.5) is 0 Å². The Kier molecular flexibility index (Phi) is 4.39. The van der Waals surface area contributed by atoms with E-state index in [1.807, 2.05) is 6.07 Å². The monoisotopic (exact) mass is 313 g/mol. The lowest BCUT2D eigenvalue weighted by Crippen LogP contribution is -2.59. The van der Waals surface area contributed by atoms with E-state index >= 15 is 0 Å². The van der Waals surface area contributed by atoms with Crippen molar-refractivity contribution < 1.29 is 0 Å². The van der Waals surface area contributed by atoms with Gasteiger partial charge in [-0.3, -0.25) is 4.90 Å². The molecule has 0 amide bonds. The van der Waals surface area contributed by atoms with Crippen LogP contribution in [0.2, 0.25) is 4.34 Å². The molecule has 3 heterocycles. The number of nitrogens with zero attached hydrogens (tertiary/aromatic N) is 2. The number of piperidine rings is 1. The van der Waals surface area contributed by atoms with Gasteiger partial charge in [-0.2, -0.15) is 0 Å². The van der Waals surface area contributed by atoms with E-state index < -0.39 is 0 Å². The highest BCUT2D eigenvalue weighted by Crippen LogP contribution is 2.37. The van der Waals surface area contributed by atoms with E-state index in [1.54, 1.807) is 11.3 Å². The standard InChI is InChI=1S/C15H24ClN3S/c1-18(10-13-4-5-14(16)20-13)15(11-17)6-8-19-7-2-3-12(19)9-15/h4-5,12H,2-3,6-11,17H2,1H3. The molecule has 2 aliphatic heterocycles. The van der Waals surface area contributed by atoms with Crippen molar-refractivity contribution >= 4 is 22.9 Å². The molecule has 0 spiro atoms. The summed E-state index contributed by atoms with van der Waals surface area (Å²) in [4.78, 5) is 6.47. The molecule has 3 rings (SSSR count). The Balaban J connectivity index is 1.71. The smallest absolute Gasteiger partial charge is 0.0931 e. The molecule has 0 radical (unpaired) electrons. The third-order valence-electron chi connectivity index (χ3n) is 5.19. The first-order valence-corrected chi connectivity index (χ1v) is 8.72.